The number of hydrogen-bond donors (Lipinski definition) is 1. The zero-order valence-corrected chi connectivity index (χ0v) is 9.43. The third-order valence-corrected chi connectivity index (χ3v) is 2.82. The lowest BCUT2D eigenvalue weighted by Crippen LogP contribution is -2.34. The third kappa shape index (κ3) is 2.74. The van der Waals surface area contributed by atoms with E-state index in [9.17, 15) is 9.18 Å². The van der Waals surface area contributed by atoms with Gasteiger partial charge in [-0.05, 0) is 30.7 Å². The van der Waals surface area contributed by atoms with Gasteiger partial charge in [-0.15, -0.1) is 0 Å². The molecule has 1 heterocycles. The Morgan fingerprint density at radius 2 is 2.35 bits per heavy atom. The number of carbonyl (C=O) groups excluding carboxylic acids is 1. The number of ether oxygens (including phenoxy) is 1. The molecule has 92 valence electrons. The summed E-state index contributed by atoms with van der Waals surface area (Å²) in [5, 5.41) is 0. The van der Waals surface area contributed by atoms with E-state index in [1.165, 1.54) is 12.1 Å². The number of benzene rings is 1. The fraction of sp³-hybridized carbons (Fsp3) is 0.417. The van der Waals surface area contributed by atoms with Crippen molar-refractivity contribution in [3.8, 4) is 0 Å². The molecule has 4 nitrogen and oxygen atoms in total. The van der Waals surface area contributed by atoms with Crippen molar-refractivity contribution in [2.75, 3.05) is 13.2 Å². The SMILES string of the molecule is NCCC1COC(=O)N1Cc1cccc(F)c1. The Labute approximate surface area is 99.2 Å². The number of cyclic esters (lactones) is 1. The second-order valence-electron chi connectivity index (χ2n) is 4.07. The second kappa shape index (κ2) is 5.14. The van der Waals surface area contributed by atoms with Crippen molar-refractivity contribution >= 4 is 6.09 Å². The Kier molecular flexibility index (Phi) is 3.58. The van der Waals surface area contributed by atoms with Crippen LogP contribution in [-0.4, -0.2) is 30.2 Å². The Morgan fingerprint density at radius 3 is 3.06 bits per heavy atom. The minimum absolute atomic E-state index is 0.00392. The molecule has 1 aliphatic heterocycles. The van der Waals surface area contributed by atoms with Gasteiger partial charge in [0.25, 0.3) is 0 Å². The van der Waals surface area contributed by atoms with Crippen LogP contribution in [0.1, 0.15) is 12.0 Å². The summed E-state index contributed by atoms with van der Waals surface area (Å²) in [5.74, 6) is -0.301. The molecular formula is C12H15FN2O2. The number of rotatable bonds is 4. The molecule has 2 N–H and O–H groups in total. The van der Waals surface area contributed by atoms with Crippen molar-refractivity contribution in [3.05, 3.63) is 35.6 Å². The van der Waals surface area contributed by atoms with Gasteiger partial charge in [-0.1, -0.05) is 12.1 Å². The molecule has 0 radical (unpaired) electrons. The van der Waals surface area contributed by atoms with E-state index >= 15 is 0 Å². The molecular weight excluding hydrogens is 223 g/mol. The summed E-state index contributed by atoms with van der Waals surface area (Å²) in [6.45, 7) is 1.23. The molecule has 1 atom stereocenters. The van der Waals surface area contributed by atoms with Crippen LogP contribution >= 0.6 is 0 Å². The van der Waals surface area contributed by atoms with Gasteiger partial charge < -0.3 is 10.5 Å². The topological polar surface area (TPSA) is 55.6 Å². The molecule has 0 aliphatic carbocycles. The Hall–Kier alpha value is -1.62. The van der Waals surface area contributed by atoms with Crippen molar-refractivity contribution < 1.29 is 13.9 Å². The van der Waals surface area contributed by atoms with E-state index in [-0.39, 0.29) is 18.0 Å². The molecule has 1 aromatic rings. The second-order valence-corrected chi connectivity index (χ2v) is 4.07. The van der Waals surface area contributed by atoms with Gasteiger partial charge in [0.15, 0.2) is 0 Å². The summed E-state index contributed by atoms with van der Waals surface area (Å²) < 4.78 is 18.0. The quantitative estimate of drug-likeness (QED) is 0.864. The molecule has 17 heavy (non-hydrogen) atoms. The van der Waals surface area contributed by atoms with Crippen LogP contribution in [0.15, 0.2) is 24.3 Å². The van der Waals surface area contributed by atoms with Crippen LogP contribution in [0.25, 0.3) is 0 Å². The molecule has 1 aliphatic rings. The van der Waals surface area contributed by atoms with Crippen molar-refractivity contribution in [2.24, 2.45) is 5.73 Å². The van der Waals surface area contributed by atoms with Crippen LogP contribution in [0, 0.1) is 5.82 Å². The fourth-order valence-electron chi connectivity index (χ4n) is 1.95. The van der Waals surface area contributed by atoms with Gasteiger partial charge in [0.05, 0.1) is 6.04 Å². The first-order chi connectivity index (χ1) is 8.20. The standard InChI is InChI=1S/C12H15FN2O2/c13-10-3-1-2-9(6-10)7-15-11(4-5-14)8-17-12(15)16/h1-3,6,11H,4-5,7-8,14H2. The number of nitrogens with zero attached hydrogens (tertiary/aromatic N) is 1. The zero-order valence-electron chi connectivity index (χ0n) is 9.43. The lowest BCUT2D eigenvalue weighted by Gasteiger charge is -2.20. The highest BCUT2D eigenvalue weighted by Gasteiger charge is 2.32. The van der Waals surface area contributed by atoms with Crippen LogP contribution < -0.4 is 5.73 Å². The maximum atomic E-state index is 13.0. The molecule has 2 rings (SSSR count). The van der Waals surface area contributed by atoms with Crippen molar-refractivity contribution in [2.45, 2.75) is 19.0 Å². The van der Waals surface area contributed by atoms with Gasteiger partial charge in [0.1, 0.15) is 12.4 Å². The van der Waals surface area contributed by atoms with Gasteiger partial charge in [-0.2, -0.15) is 0 Å². The normalized spacial score (nSPS) is 19.5. The van der Waals surface area contributed by atoms with Crippen LogP contribution in [0.2, 0.25) is 0 Å². The monoisotopic (exact) mass is 238 g/mol. The highest BCUT2D eigenvalue weighted by Crippen LogP contribution is 2.18. The van der Waals surface area contributed by atoms with E-state index in [0.717, 1.165) is 5.56 Å². The maximum Gasteiger partial charge on any atom is 0.410 e. The van der Waals surface area contributed by atoms with E-state index in [4.69, 9.17) is 10.5 Å². The number of nitrogens with two attached hydrogens (primary N) is 1. The van der Waals surface area contributed by atoms with E-state index in [1.807, 2.05) is 0 Å². The molecule has 0 bridgehead atoms. The summed E-state index contributed by atoms with van der Waals surface area (Å²) in [6, 6.07) is 6.21. The summed E-state index contributed by atoms with van der Waals surface area (Å²) in [5.41, 5.74) is 6.24. The fourth-order valence-corrected chi connectivity index (χ4v) is 1.95. The lowest BCUT2D eigenvalue weighted by molar-refractivity contribution is 0.156. The average Bonchev–Trinajstić information content (AvgIpc) is 2.62. The zero-order chi connectivity index (χ0) is 12.3. The predicted octanol–water partition coefficient (Wildman–Crippen LogP) is 1.50. The van der Waals surface area contributed by atoms with Crippen LogP contribution in [0.3, 0.4) is 0 Å². The van der Waals surface area contributed by atoms with E-state index in [0.29, 0.717) is 26.1 Å². The van der Waals surface area contributed by atoms with Gasteiger partial charge in [0, 0.05) is 6.54 Å². The molecule has 1 amide bonds. The molecule has 0 spiro atoms. The Balaban J connectivity index is 2.08. The van der Waals surface area contributed by atoms with Crippen LogP contribution in [0.5, 0.6) is 0 Å². The Morgan fingerprint density at radius 1 is 1.53 bits per heavy atom. The summed E-state index contributed by atoms with van der Waals surface area (Å²) in [7, 11) is 0. The van der Waals surface area contributed by atoms with Crippen molar-refractivity contribution in [1.82, 2.24) is 4.90 Å². The largest absolute Gasteiger partial charge is 0.447 e. The van der Waals surface area contributed by atoms with E-state index in [2.05, 4.69) is 0 Å². The van der Waals surface area contributed by atoms with Gasteiger partial charge >= 0.3 is 6.09 Å². The van der Waals surface area contributed by atoms with Gasteiger partial charge in [-0.3, -0.25) is 4.90 Å². The smallest absolute Gasteiger partial charge is 0.410 e. The van der Waals surface area contributed by atoms with E-state index < -0.39 is 0 Å². The third-order valence-electron chi connectivity index (χ3n) is 2.82. The molecule has 5 heteroatoms. The lowest BCUT2D eigenvalue weighted by atomic mass is 10.1. The minimum Gasteiger partial charge on any atom is -0.447 e. The Bertz CT molecular complexity index is 411. The van der Waals surface area contributed by atoms with Crippen molar-refractivity contribution in [1.29, 1.82) is 0 Å². The summed E-state index contributed by atoms with van der Waals surface area (Å²) >= 11 is 0. The molecule has 1 aromatic carbocycles. The highest BCUT2D eigenvalue weighted by atomic mass is 19.1. The van der Waals surface area contributed by atoms with Gasteiger partial charge in [-0.25, -0.2) is 9.18 Å². The number of amides is 1. The summed E-state index contributed by atoms with van der Waals surface area (Å²) in [6.07, 6.45) is 0.342. The average molecular weight is 238 g/mol. The maximum absolute atomic E-state index is 13.0. The molecule has 1 saturated heterocycles. The number of carbonyl (C=O) groups is 1. The molecule has 1 fully saturated rings. The first kappa shape index (κ1) is 11.9. The van der Waals surface area contributed by atoms with Crippen LogP contribution in [-0.2, 0) is 11.3 Å². The minimum atomic E-state index is -0.354. The number of hydrogen-bond acceptors (Lipinski definition) is 3. The molecule has 0 saturated carbocycles. The van der Waals surface area contributed by atoms with Crippen LogP contribution in [0.4, 0.5) is 9.18 Å². The van der Waals surface area contributed by atoms with Gasteiger partial charge in [0.2, 0.25) is 0 Å². The number of halogens is 1. The van der Waals surface area contributed by atoms with E-state index in [1.54, 1.807) is 17.0 Å². The molecule has 0 aromatic heterocycles. The predicted molar refractivity (Wildman–Crippen MR) is 60.8 cm³/mol. The first-order valence-electron chi connectivity index (χ1n) is 5.58. The van der Waals surface area contributed by atoms with Crippen molar-refractivity contribution in [3.63, 3.8) is 0 Å². The first-order valence-corrected chi connectivity index (χ1v) is 5.58. The molecule has 1 unspecified atom stereocenters. The highest BCUT2D eigenvalue weighted by molar-refractivity contribution is 5.70. The summed E-state index contributed by atoms with van der Waals surface area (Å²) in [4.78, 5) is 13.1.